The number of rotatable bonds is 7. The molecular formula is C21H18ClFN4O3S. The maximum atomic E-state index is 13.4. The zero-order valence-corrected chi connectivity index (χ0v) is 18.0. The highest BCUT2D eigenvalue weighted by Crippen LogP contribution is 2.21. The number of methoxy groups -OCH3 is 1. The number of ether oxygens (including phenoxy) is 1. The molecule has 160 valence electrons. The summed E-state index contributed by atoms with van der Waals surface area (Å²) in [5.74, 6) is 0.539. The largest absolute Gasteiger partial charge is 0.497 e. The quantitative estimate of drug-likeness (QED) is 0.454. The van der Waals surface area contributed by atoms with Gasteiger partial charge in [0.05, 0.1) is 30.1 Å². The third-order valence-corrected chi connectivity index (χ3v) is 6.39. The van der Waals surface area contributed by atoms with Gasteiger partial charge in [-0.25, -0.2) is 27.5 Å². The molecule has 4 aromatic rings. The zero-order valence-electron chi connectivity index (χ0n) is 16.4. The van der Waals surface area contributed by atoms with E-state index in [1.807, 2.05) is 34.9 Å². The Morgan fingerprint density at radius 3 is 2.65 bits per heavy atom. The summed E-state index contributed by atoms with van der Waals surface area (Å²) in [5, 5.41) is -0.265. The fraction of sp³-hybridized carbons (Fsp3) is 0.143. The maximum Gasteiger partial charge on any atom is 0.241 e. The summed E-state index contributed by atoms with van der Waals surface area (Å²) in [6.45, 7) is 0.362. The summed E-state index contributed by atoms with van der Waals surface area (Å²) < 4.78 is 48.3. The minimum absolute atomic E-state index is 0.0795. The first kappa shape index (κ1) is 21.2. The molecule has 0 unspecified atom stereocenters. The lowest BCUT2D eigenvalue weighted by atomic mass is 10.2. The van der Waals surface area contributed by atoms with Gasteiger partial charge in [0.1, 0.15) is 22.9 Å². The molecule has 0 saturated heterocycles. The van der Waals surface area contributed by atoms with Crippen molar-refractivity contribution < 1.29 is 17.5 Å². The molecule has 0 spiro atoms. The second-order valence-electron chi connectivity index (χ2n) is 6.71. The van der Waals surface area contributed by atoms with Crippen molar-refractivity contribution in [2.24, 2.45) is 0 Å². The van der Waals surface area contributed by atoms with Crippen LogP contribution in [0.4, 0.5) is 4.39 Å². The molecule has 0 saturated carbocycles. The van der Waals surface area contributed by atoms with Gasteiger partial charge in [-0.1, -0.05) is 23.7 Å². The lowest BCUT2D eigenvalue weighted by Crippen LogP contribution is -2.25. The van der Waals surface area contributed by atoms with Gasteiger partial charge in [-0.05, 0) is 48.0 Å². The zero-order chi connectivity index (χ0) is 22.0. The van der Waals surface area contributed by atoms with Gasteiger partial charge in [0, 0.05) is 6.20 Å². The second kappa shape index (κ2) is 8.62. The van der Waals surface area contributed by atoms with Crippen LogP contribution in [0.3, 0.4) is 0 Å². The predicted molar refractivity (Wildman–Crippen MR) is 115 cm³/mol. The number of benzene rings is 2. The van der Waals surface area contributed by atoms with Crippen molar-refractivity contribution in [2.45, 2.75) is 18.0 Å². The van der Waals surface area contributed by atoms with Gasteiger partial charge in [0.2, 0.25) is 10.0 Å². The minimum Gasteiger partial charge on any atom is -0.497 e. The van der Waals surface area contributed by atoms with E-state index in [1.54, 1.807) is 19.4 Å². The van der Waals surface area contributed by atoms with E-state index in [9.17, 15) is 12.8 Å². The van der Waals surface area contributed by atoms with Crippen molar-refractivity contribution in [3.8, 4) is 5.75 Å². The molecular weight excluding hydrogens is 443 g/mol. The van der Waals surface area contributed by atoms with Crippen LogP contribution >= 0.6 is 11.6 Å². The molecule has 0 bridgehead atoms. The average Bonchev–Trinajstić information content (AvgIpc) is 3.12. The third-order valence-electron chi connectivity index (χ3n) is 4.70. The molecule has 2 heterocycles. The van der Waals surface area contributed by atoms with Gasteiger partial charge < -0.3 is 9.30 Å². The molecule has 31 heavy (non-hydrogen) atoms. The van der Waals surface area contributed by atoms with Crippen LogP contribution in [0.2, 0.25) is 5.02 Å². The fourth-order valence-electron chi connectivity index (χ4n) is 3.11. The van der Waals surface area contributed by atoms with Crippen LogP contribution < -0.4 is 9.46 Å². The SMILES string of the molecule is COc1ccc(Cn2c(CNS(=O)(=O)c3ccc(F)c(Cl)c3)nc3cccnc32)cc1. The highest BCUT2D eigenvalue weighted by molar-refractivity contribution is 7.89. The number of nitrogens with zero attached hydrogens (tertiary/aromatic N) is 3. The minimum atomic E-state index is -3.93. The van der Waals surface area contributed by atoms with E-state index in [4.69, 9.17) is 16.3 Å². The Labute approximate surface area is 183 Å². The van der Waals surface area contributed by atoms with E-state index >= 15 is 0 Å². The first-order valence-electron chi connectivity index (χ1n) is 9.25. The molecule has 0 amide bonds. The van der Waals surface area contributed by atoms with Crippen LogP contribution in [0.25, 0.3) is 11.2 Å². The molecule has 1 N–H and O–H groups in total. The third kappa shape index (κ3) is 4.53. The van der Waals surface area contributed by atoms with Crippen LogP contribution in [0.1, 0.15) is 11.4 Å². The van der Waals surface area contributed by atoms with E-state index in [0.717, 1.165) is 29.5 Å². The van der Waals surface area contributed by atoms with Gasteiger partial charge in [0.25, 0.3) is 0 Å². The Bertz CT molecular complexity index is 1340. The molecule has 0 fully saturated rings. The molecule has 2 aromatic heterocycles. The Balaban J connectivity index is 1.63. The predicted octanol–water partition coefficient (Wildman–Crippen LogP) is 3.76. The van der Waals surface area contributed by atoms with E-state index in [1.165, 1.54) is 0 Å². The summed E-state index contributed by atoms with van der Waals surface area (Å²) in [7, 11) is -2.33. The maximum absolute atomic E-state index is 13.4. The Morgan fingerprint density at radius 2 is 1.94 bits per heavy atom. The van der Waals surface area contributed by atoms with E-state index in [-0.39, 0.29) is 16.5 Å². The Morgan fingerprint density at radius 1 is 1.16 bits per heavy atom. The van der Waals surface area contributed by atoms with Crippen molar-refractivity contribution in [1.82, 2.24) is 19.3 Å². The highest BCUT2D eigenvalue weighted by atomic mass is 35.5. The standard InChI is InChI=1S/C21H18ClFN4O3S/c1-30-15-6-4-14(5-7-15)13-27-20(26-19-3-2-10-24-21(19)27)12-25-31(28,29)16-8-9-18(23)17(22)11-16/h2-11,25H,12-13H2,1H3. The molecule has 0 aliphatic rings. The normalized spacial score (nSPS) is 11.7. The molecule has 0 atom stereocenters. The van der Waals surface area contributed by atoms with Gasteiger partial charge >= 0.3 is 0 Å². The molecule has 7 nitrogen and oxygen atoms in total. The van der Waals surface area contributed by atoms with Crippen molar-refractivity contribution in [1.29, 1.82) is 0 Å². The summed E-state index contributed by atoms with van der Waals surface area (Å²) in [6.07, 6.45) is 1.66. The summed E-state index contributed by atoms with van der Waals surface area (Å²) in [4.78, 5) is 8.80. The van der Waals surface area contributed by atoms with E-state index in [0.29, 0.717) is 23.5 Å². The number of fused-ring (bicyclic) bond motifs is 1. The molecule has 0 radical (unpaired) electrons. The topological polar surface area (TPSA) is 86.1 Å². The number of nitrogens with one attached hydrogen (secondary N) is 1. The first-order valence-corrected chi connectivity index (χ1v) is 11.1. The lowest BCUT2D eigenvalue weighted by Gasteiger charge is -2.11. The summed E-state index contributed by atoms with van der Waals surface area (Å²) in [6, 6.07) is 14.4. The van der Waals surface area contributed by atoms with Crippen molar-refractivity contribution in [3.63, 3.8) is 0 Å². The monoisotopic (exact) mass is 460 g/mol. The first-order chi connectivity index (χ1) is 14.9. The molecule has 2 aromatic carbocycles. The lowest BCUT2D eigenvalue weighted by molar-refractivity contribution is 0.414. The van der Waals surface area contributed by atoms with Crippen LogP contribution in [0.15, 0.2) is 65.7 Å². The highest BCUT2D eigenvalue weighted by Gasteiger charge is 2.19. The number of aromatic nitrogens is 3. The molecule has 0 aliphatic heterocycles. The molecule has 4 rings (SSSR count). The van der Waals surface area contributed by atoms with Crippen LogP contribution in [-0.4, -0.2) is 30.1 Å². The van der Waals surface area contributed by atoms with E-state index in [2.05, 4.69) is 14.7 Å². The Kier molecular flexibility index (Phi) is 5.90. The van der Waals surface area contributed by atoms with Gasteiger partial charge in [0.15, 0.2) is 5.65 Å². The number of pyridine rings is 1. The van der Waals surface area contributed by atoms with Crippen molar-refractivity contribution in [2.75, 3.05) is 7.11 Å². The smallest absolute Gasteiger partial charge is 0.241 e. The number of sulfonamides is 1. The van der Waals surface area contributed by atoms with Gasteiger partial charge in [-0.2, -0.15) is 0 Å². The van der Waals surface area contributed by atoms with Crippen molar-refractivity contribution >= 4 is 32.8 Å². The van der Waals surface area contributed by atoms with Gasteiger partial charge in [-0.15, -0.1) is 0 Å². The van der Waals surface area contributed by atoms with E-state index < -0.39 is 15.8 Å². The number of imidazole rings is 1. The Hall–Kier alpha value is -3.01. The number of hydrogen-bond donors (Lipinski definition) is 1. The van der Waals surface area contributed by atoms with Crippen LogP contribution in [0, 0.1) is 5.82 Å². The second-order valence-corrected chi connectivity index (χ2v) is 8.88. The van der Waals surface area contributed by atoms with Gasteiger partial charge in [-0.3, -0.25) is 0 Å². The fourth-order valence-corrected chi connectivity index (χ4v) is 4.36. The number of halogens is 2. The number of hydrogen-bond acceptors (Lipinski definition) is 5. The summed E-state index contributed by atoms with van der Waals surface area (Å²) in [5.41, 5.74) is 2.26. The average molecular weight is 461 g/mol. The summed E-state index contributed by atoms with van der Waals surface area (Å²) >= 11 is 5.73. The van der Waals surface area contributed by atoms with Crippen LogP contribution in [0.5, 0.6) is 5.75 Å². The van der Waals surface area contributed by atoms with Crippen molar-refractivity contribution in [3.05, 3.63) is 83.0 Å². The molecule has 0 aliphatic carbocycles. The van der Waals surface area contributed by atoms with Crippen LogP contribution in [-0.2, 0) is 23.1 Å². The molecule has 10 heteroatoms.